The monoisotopic (exact) mass is 446 g/mol. The van der Waals surface area contributed by atoms with E-state index in [1.807, 2.05) is 45.0 Å². The number of amides is 1. The quantitative estimate of drug-likeness (QED) is 0.300. The third-order valence-electron chi connectivity index (χ3n) is 4.88. The Hall–Kier alpha value is -4.40. The number of nitrogens with zero attached hydrogens (tertiary/aromatic N) is 3. The highest BCUT2D eigenvalue weighted by Gasteiger charge is 2.17. The maximum atomic E-state index is 12.7. The summed E-state index contributed by atoms with van der Waals surface area (Å²) in [6.07, 6.45) is 0. The molecule has 4 aromatic rings. The van der Waals surface area contributed by atoms with Crippen LogP contribution in [0.3, 0.4) is 0 Å². The maximum absolute atomic E-state index is 12.7. The van der Waals surface area contributed by atoms with Crippen LogP contribution < -0.4 is 10.1 Å². The lowest BCUT2D eigenvalue weighted by Crippen LogP contribution is -2.11. The molecule has 9 heteroatoms. The van der Waals surface area contributed by atoms with Crippen LogP contribution in [-0.4, -0.2) is 20.6 Å². The average molecular weight is 446 g/mol. The molecular weight excluding hydrogens is 424 g/mol. The van der Waals surface area contributed by atoms with Crippen molar-refractivity contribution < 1.29 is 18.9 Å². The Kier molecular flexibility index (Phi) is 5.95. The van der Waals surface area contributed by atoms with Crippen LogP contribution in [0.1, 0.15) is 33.3 Å². The summed E-state index contributed by atoms with van der Waals surface area (Å²) >= 11 is 0. The molecule has 0 spiro atoms. The van der Waals surface area contributed by atoms with Gasteiger partial charge in [0.15, 0.2) is 5.76 Å². The van der Waals surface area contributed by atoms with Gasteiger partial charge in [-0.05, 0) is 56.7 Å². The molecule has 0 saturated heterocycles. The van der Waals surface area contributed by atoms with Crippen molar-refractivity contribution >= 4 is 17.3 Å². The molecule has 0 fully saturated rings. The molecular formula is C24H22N4O5. The Morgan fingerprint density at radius 1 is 1.09 bits per heavy atom. The second kappa shape index (κ2) is 8.99. The van der Waals surface area contributed by atoms with Crippen molar-refractivity contribution in [2.45, 2.75) is 27.3 Å². The highest BCUT2D eigenvalue weighted by molar-refractivity contribution is 6.02. The summed E-state index contributed by atoms with van der Waals surface area (Å²) in [5, 5.41) is 18.4. The maximum Gasteiger partial charge on any atom is 0.291 e. The summed E-state index contributed by atoms with van der Waals surface area (Å²) in [6.45, 7) is 6.15. The SMILES string of the molecule is Cc1cccc(Oc2cc(NC(=O)c3ccc(Cn4nc(C)cc4C)o3)cc([N+](=O)[O-])c2)c1. The van der Waals surface area contributed by atoms with E-state index < -0.39 is 10.8 Å². The lowest BCUT2D eigenvalue weighted by Gasteiger charge is -2.09. The highest BCUT2D eigenvalue weighted by Crippen LogP contribution is 2.30. The molecule has 4 rings (SSSR count). The van der Waals surface area contributed by atoms with Crippen molar-refractivity contribution in [2.24, 2.45) is 0 Å². The van der Waals surface area contributed by atoms with Crippen LogP contribution in [0.4, 0.5) is 11.4 Å². The zero-order chi connectivity index (χ0) is 23.5. The number of nitro groups is 1. The van der Waals surface area contributed by atoms with Crippen molar-refractivity contribution in [2.75, 3.05) is 5.32 Å². The summed E-state index contributed by atoms with van der Waals surface area (Å²) in [5.41, 5.74) is 2.87. The summed E-state index contributed by atoms with van der Waals surface area (Å²) in [4.78, 5) is 23.5. The summed E-state index contributed by atoms with van der Waals surface area (Å²) < 4.78 is 13.2. The van der Waals surface area contributed by atoms with Gasteiger partial charge >= 0.3 is 0 Å². The van der Waals surface area contributed by atoms with Gasteiger partial charge in [0.1, 0.15) is 17.3 Å². The molecule has 2 aromatic carbocycles. The predicted octanol–water partition coefficient (Wildman–Crippen LogP) is 5.40. The normalized spacial score (nSPS) is 10.8. The highest BCUT2D eigenvalue weighted by atomic mass is 16.6. The Bertz CT molecular complexity index is 1340. The number of rotatable bonds is 7. The van der Waals surface area contributed by atoms with E-state index in [4.69, 9.17) is 9.15 Å². The fourth-order valence-corrected chi connectivity index (χ4v) is 3.39. The molecule has 0 unspecified atom stereocenters. The van der Waals surface area contributed by atoms with Gasteiger partial charge in [0, 0.05) is 17.8 Å². The van der Waals surface area contributed by atoms with Crippen molar-refractivity contribution in [1.29, 1.82) is 0 Å². The van der Waals surface area contributed by atoms with Gasteiger partial charge in [0.25, 0.3) is 11.6 Å². The molecule has 1 N–H and O–H groups in total. The number of carbonyl (C=O) groups excluding carboxylic acids is 1. The average Bonchev–Trinajstić information content (AvgIpc) is 3.34. The number of non-ortho nitro benzene ring substituents is 1. The smallest absolute Gasteiger partial charge is 0.291 e. The van der Waals surface area contributed by atoms with Crippen molar-refractivity contribution in [1.82, 2.24) is 9.78 Å². The number of carbonyl (C=O) groups is 1. The van der Waals surface area contributed by atoms with Gasteiger partial charge in [-0.1, -0.05) is 12.1 Å². The van der Waals surface area contributed by atoms with Gasteiger partial charge in [0.05, 0.1) is 28.9 Å². The number of anilines is 1. The van der Waals surface area contributed by atoms with E-state index >= 15 is 0 Å². The molecule has 168 valence electrons. The van der Waals surface area contributed by atoms with Crippen molar-refractivity contribution in [3.63, 3.8) is 0 Å². The van der Waals surface area contributed by atoms with E-state index in [-0.39, 0.29) is 22.9 Å². The fourth-order valence-electron chi connectivity index (χ4n) is 3.39. The van der Waals surface area contributed by atoms with E-state index in [0.717, 1.165) is 17.0 Å². The number of hydrogen-bond donors (Lipinski definition) is 1. The van der Waals surface area contributed by atoms with Gasteiger partial charge in [0.2, 0.25) is 0 Å². The van der Waals surface area contributed by atoms with Gasteiger partial charge < -0.3 is 14.5 Å². The Morgan fingerprint density at radius 3 is 2.61 bits per heavy atom. The Balaban J connectivity index is 1.52. The van der Waals surface area contributed by atoms with E-state index in [9.17, 15) is 14.9 Å². The van der Waals surface area contributed by atoms with E-state index in [1.54, 1.807) is 22.9 Å². The minimum atomic E-state index is -0.543. The minimum Gasteiger partial charge on any atom is -0.457 e. The van der Waals surface area contributed by atoms with Crippen LogP contribution in [0.15, 0.2) is 65.1 Å². The first-order chi connectivity index (χ1) is 15.8. The first kappa shape index (κ1) is 21.8. The van der Waals surface area contributed by atoms with Crippen molar-refractivity contribution in [3.8, 4) is 11.5 Å². The molecule has 1 amide bonds. The minimum absolute atomic E-state index is 0.0826. The topological polar surface area (TPSA) is 112 Å². The van der Waals surface area contributed by atoms with Gasteiger partial charge in [-0.2, -0.15) is 5.10 Å². The third-order valence-corrected chi connectivity index (χ3v) is 4.88. The van der Waals surface area contributed by atoms with E-state index in [0.29, 0.717) is 18.1 Å². The first-order valence-electron chi connectivity index (χ1n) is 10.2. The molecule has 9 nitrogen and oxygen atoms in total. The molecule has 0 aliphatic carbocycles. The molecule has 0 aliphatic rings. The van der Waals surface area contributed by atoms with Crippen LogP contribution in [0.5, 0.6) is 11.5 Å². The largest absolute Gasteiger partial charge is 0.457 e. The lowest BCUT2D eigenvalue weighted by atomic mass is 10.2. The zero-order valence-electron chi connectivity index (χ0n) is 18.4. The van der Waals surface area contributed by atoms with Gasteiger partial charge in [-0.15, -0.1) is 0 Å². The van der Waals surface area contributed by atoms with Crippen molar-refractivity contribution in [3.05, 3.63) is 99.2 Å². The number of aryl methyl sites for hydroxylation is 3. The predicted molar refractivity (Wildman–Crippen MR) is 122 cm³/mol. The summed E-state index contributed by atoms with van der Waals surface area (Å²) in [7, 11) is 0. The number of benzene rings is 2. The molecule has 0 atom stereocenters. The van der Waals surface area contributed by atoms with Crippen LogP contribution in [0.2, 0.25) is 0 Å². The second-order valence-corrected chi connectivity index (χ2v) is 7.70. The van der Waals surface area contributed by atoms with Crippen LogP contribution in [0.25, 0.3) is 0 Å². The summed E-state index contributed by atoms with van der Waals surface area (Å²) in [6, 6.07) is 16.6. The Morgan fingerprint density at radius 2 is 1.91 bits per heavy atom. The van der Waals surface area contributed by atoms with Crippen LogP contribution in [-0.2, 0) is 6.54 Å². The number of nitro benzene ring substituents is 1. The van der Waals surface area contributed by atoms with Gasteiger partial charge in [-0.25, -0.2) is 0 Å². The molecule has 0 saturated carbocycles. The molecule has 0 bridgehead atoms. The number of nitrogens with one attached hydrogen (secondary N) is 1. The lowest BCUT2D eigenvalue weighted by molar-refractivity contribution is -0.384. The molecule has 33 heavy (non-hydrogen) atoms. The number of ether oxygens (including phenoxy) is 1. The number of furan rings is 1. The Labute approximate surface area is 189 Å². The molecule has 2 heterocycles. The van der Waals surface area contributed by atoms with Gasteiger partial charge in [-0.3, -0.25) is 19.6 Å². The van der Waals surface area contributed by atoms with E-state index in [1.165, 1.54) is 18.2 Å². The third kappa shape index (κ3) is 5.27. The number of aromatic nitrogens is 2. The standard InChI is InChI=1S/C24H22N4O5/c1-15-5-4-6-20(9-15)32-22-12-18(11-19(13-22)28(30)31)25-24(29)23-8-7-21(33-23)14-27-17(3)10-16(2)26-27/h4-13H,14H2,1-3H3,(H,25,29). The second-order valence-electron chi connectivity index (χ2n) is 7.70. The zero-order valence-corrected chi connectivity index (χ0v) is 18.4. The molecule has 0 aliphatic heterocycles. The van der Waals surface area contributed by atoms with Crippen LogP contribution >= 0.6 is 0 Å². The molecule has 2 aromatic heterocycles. The number of hydrogen-bond acceptors (Lipinski definition) is 6. The van der Waals surface area contributed by atoms with Crippen LogP contribution in [0, 0.1) is 30.9 Å². The van der Waals surface area contributed by atoms with E-state index in [2.05, 4.69) is 10.4 Å². The first-order valence-corrected chi connectivity index (χ1v) is 10.2. The summed E-state index contributed by atoms with van der Waals surface area (Å²) in [5.74, 6) is 0.882. The molecule has 0 radical (unpaired) electrons. The fraction of sp³-hybridized carbons (Fsp3) is 0.167.